The van der Waals surface area contributed by atoms with E-state index in [4.69, 9.17) is 9.15 Å². The van der Waals surface area contributed by atoms with Crippen molar-refractivity contribution in [1.29, 1.82) is 0 Å². The first-order valence-electron chi connectivity index (χ1n) is 6.21. The number of aryl methyl sites for hydroxylation is 1. The van der Waals surface area contributed by atoms with Crippen molar-refractivity contribution < 1.29 is 9.15 Å². The van der Waals surface area contributed by atoms with Crippen molar-refractivity contribution in [3.8, 4) is 17.0 Å². The molecule has 0 aliphatic carbocycles. The Morgan fingerprint density at radius 1 is 1.20 bits per heavy atom. The molecule has 1 aromatic carbocycles. The fourth-order valence-corrected chi connectivity index (χ4v) is 2.10. The molecule has 0 saturated carbocycles. The minimum Gasteiger partial charge on any atom is -0.481 e. The smallest absolute Gasteiger partial charge is 0.212 e. The van der Waals surface area contributed by atoms with Gasteiger partial charge in [0, 0.05) is 17.8 Å². The molecule has 3 aromatic rings. The second kappa shape index (κ2) is 4.81. The average molecular weight is 267 g/mol. The van der Waals surface area contributed by atoms with Crippen LogP contribution in [-0.4, -0.2) is 12.1 Å². The Morgan fingerprint density at radius 3 is 2.75 bits per heavy atom. The highest BCUT2D eigenvalue weighted by atomic mass is 16.5. The lowest BCUT2D eigenvalue weighted by Gasteiger charge is -2.04. The molecule has 0 amide bonds. The molecule has 0 fully saturated rings. The second-order valence-corrected chi connectivity index (χ2v) is 4.57. The fraction of sp³-hybridized carbons (Fsp3) is 0.125. The van der Waals surface area contributed by atoms with Crippen molar-refractivity contribution >= 4 is 11.0 Å². The van der Waals surface area contributed by atoms with Crippen LogP contribution >= 0.6 is 0 Å². The maximum absolute atomic E-state index is 12.5. The highest BCUT2D eigenvalue weighted by Crippen LogP contribution is 2.21. The molecule has 0 aliphatic heterocycles. The molecule has 0 saturated heterocycles. The zero-order valence-electron chi connectivity index (χ0n) is 11.2. The van der Waals surface area contributed by atoms with Crippen LogP contribution in [0.15, 0.2) is 52.0 Å². The van der Waals surface area contributed by atoms with Gasteiger partial charge in [-0.3, -0.25) is 4.79 Å². The van der Waals surface area contributed by atoms with E-state index in [-0.39, 0.29) is 5.43 Å². The normalized spacial score (nSPS) is 10.7. The molecule has 0 spiro atoms. The molecule has 4 heteroatoms. The summed E-state index contributed by atoms with van der Waals surface area (Å²) in [6, 6.07) is 9.07. The summed E-state index contributed by atoms with van der Waals surface area (Å²) in [6.07, 6.45) is 3.08. The van der Waals surface area contributed by atoms with Crippen molar-refractivity contribution in [2.75, 3.05) is 7.11 Å². The van der Waals surface area contributed by atoms with Crippen molar-refractivity contribution in [1.82, 2.24) is 4.98 Å². The van der Waals surface area contributed by atoms with Crippen molar-refractivity contribution in [3.05, 3.63) is 58.6 Å². The molecule has 2 aromatic heterocycles. The standard InChI is InChI=1S/C16H13NO3/c1-10-3-5-14-12(7-10)16(18)13(9-20-14)11-4-6-15(19-2)17-8-11/h3-9H,1-2H3. The van der Waals surface area contributed by atoms with E-state index in [1.165, 1.54) is 6.26 Å². The van der Waals surface area contributed by atoms with Crippen LogP contribution in [-0.2, 0) is 0 Å². The fourth-order valence-electron chi connectivity index (χ4n) is 2.10. The molecule has 0 bridgehead atoms. The van der Waals surface area contributed by atoms with E-state index in [2.05, 4.69) is 4.98 Å². The molecule has 0 unspecified atom stereocenters. The van der Waals surface area contributed by atoms with Crippen molar-refractivity contribution in [2.45, 2.75) is 6.92 Å². The van der Waals surface area contributed by atoms with E-state index in [1.807, 2.05) is 25.1 Å². The quantitative estimate of drug-likeness (QED) is 0.715. The highest BCUT2D eigenvalue weighted by Gasteiger charge is 2.09. The van der Waals surface area contributed by atoms with Crippen LogP contribution < -0.4 is 10.2 Å². The molecular weight excluding hydrogens is 254 g/mol. The van der Waals surface area contributed by atoms with E-state index in [1.54, 1.807) is 25.4 Å². The number of benzene rings is 1. The second-order valence-electron chi connectivity index (χ2n) is 4.57. The Bertz CT molecular complexity index is 819. The lowest BCUT2D eigenvalue weighted by atomic mass is 10.1. The number of ether oxygens (including phenoxy) is 1. The van der Waals surface area contributed by atoms with Crippen LogP contribution in [0.2, 0.25) is 0 Å². The summed E-state index contributed by atoms with van der Waals surface area (Å²) < 4.78 is 10.5. The van der Waals surface area contributed by atoms with Gasteiger partial charge in [0.1, 0.15) is 11.8 Å². The molecule has 100 valence electrons. The largest absolute Gasteiger partial charge is 0.481 e. The molecule has 2 heterocycles. The predicted octanol–water partition coefficient (Wildman–Crippen LogP) is 3.17. The van der Waals surface area contributed by atoms with Crippen LogP contribution in [0.25, 0.3) is 22.1 Å². The van der Waals surface area contributed by atoms with Gasteiger partial charge in [0.15, 0.2) is 0 Å². The Morgan fingerprint density at radius 2 is 2.05 bits per heavy atom. The van der Waals surface area contributed by atoms with E-state index < -0.39 is 0 Å². The van der Waals surface area contributed by atoms with Gasteiger partial charge in [0.2, 0.25) is 11.3 Å². The summed E-state index contributed by atoms with van der Waals surface area (Å²) in [5.41, 5.74) is 2.77. The molecule has 3 rings (SSSR count). The van der Waals surface area contributed by atoms with Crippen molar-refractivity contribution in [3.63, 3.8) is 0 Å². The van der Waals surface area contributed by atoms with E-state index >= 15 is 0 Å². The summed E-state index contributed by atoms with van der Waals surface area (Å²) in [7, 11) is 1.55. The predicted molar refractivity (Wildman–Crippen MR) is 77.0 cm³/mol. The Kier molecular flexibility index (Phi) is 2.99. The lowest BCUT2D eigenvalue weighted by molar-refractivity contribution is 0.398. The summed E-state index contributed by atoms with van der Waals surface area (Å²) in [5.74, 6) is 0.509. The van der Waals surface area contributed by atoms with Crippen LogP contribution in [0.4, 0.5) is 0 Å². The average Bonchev–Trinajstić information content (AvgIpc) is 2.48. The van der Waals surface area contributed by atoms with Crippen LogP contribution in [0.5, 0.6) is 5.88 Å². The topological polar surface area (TPSA) is 52.3 Å². The first-order valence-corrected chi connectivity index (χ1v) is 6.21. The Hall–Kier alpha value is -2.62. The molecule has 4 nitrogen and oxygen atoms in total. The van der Waals surface area contributed by atoms with E-state index in [9.17, 15) is 4.79 Å². The number of hydrogen-bond acceptors (Lipinski definition) is 4. The Balaban J connectivity index is 2.20. The van der Waals surface area contributed by atoms with Gasteiger partial charge >= 0.3 is 0 Å². The molecule has 0 aliphatic rings. The van der Waals surface area contributed by atoms with Gasteiger partial charge in [-0.1, -0.05) is 11.6 Å². The maximum atomic E-state index is 12.5. The zero-order chi connectivity index (χ0) is 14.1. The Labute approximate surface area is 115 Å². The number of aromatic nitrogens is 1. The minimum atomic E-state index is -0.0538. The lowest BCUT2D eigenvalue weighted by Crippen LogP contribution is -2.05. The first kappa shape index (κ1) is 12.4. The van der Waals surface area contributed by atoms with E-state index in [0.29, 0.717) is 28.0 Å². The first-order chi connectivity index (χ1) is 9.69. The molecule has 0 N–H and O–H groups in total. The minimum absolute atomic E-state index is 0.0538. The highest BCUT2D eigenvalue weighted by molar-refractivity contribution is 5.81. The number of nitrogens with zero attached hydrogens (tertiary/aromatic N) is 1. The summed E-state index contributed by atoms with van der Waals surface area (Å²) >= 11 is 0. The van der Waals surface area contributed by atoms with Gasteiger partial charge < -0.3 is 9.15 Å². The zero-order valence-corrected chi connectivity index (χ0v) is 11.2. The number of fused-ring (bicyclic) bond motifs is 1. The summed E-state index contributed by atoms with van der Waals surface area (Å²) in [6.45, 7) is 1.94. The van der Waals surface area contributed by atoms with Crippen LogP contribution in [0.3, 0.4) is 0 Å². The van der Waals surface area contributed by atoms with E-state index in [0.717, 1.165) is 5.56 Å². The SMILES string of the molecule is COc1ccc(-c2coc3ccc(C)cc3c2=O)cn1. The summed E-state index contributed by atoms with van der Waals surface area (Å²) in [5, 5.41) is 0.582. The number of hydrogen-bond donors (Lipinski definition) is 0. The van der Waals surface area contributed by atoms with Crippen LogP contribution in [0, 0.1) is 6.92 Å². The molecule has 0 radical (unpaired) electrons. The third-order valence-electron chi connectivity index (χ3n) is 3.18. The van der Waals surface area contributed by atoms with Gasteiger partial charge in [0.25, 0.3) is 0 Å². The van der Waals surface area contributed by atoms with Gasteiger partial charge in [0.05, 0.1) is 18.1 Å². The van der Waals surface area contributed by atoms with Gasteiger partial charge in [-0.2, -0.15) is 0 Å². The molecular formula is C16H13NO3. The van der Waals surface area contributed by atoms with Gasteiger partial charge in [-0.05, 0) is 25.1 Å². The third kappa shape index (κ3) is 2.05. The maximum Gasteiger partial charge on any atom is 0.212 e. The van der Waals surface area contributed by atoms with Gasteiger partial charge in [-0.15, -0.1) is 0 Å². The monoisotopic (exact) mass is 267 g/mol. The third-order valence-corrected chi connectivity index (χ3v) is 3.18. The van der Waals surface area contributed by atoms with Crippen LogP contribution in [0.1, 0.15) is 5.56 Å². The number of methoxy groups -OCH3 is 1. The number of rotatable bonds is 2. The summed E-state index contributed by atoms with van der Waals surface area (Å²) in [4.78, 5) is 16.6. The molecule has 0 atom stereocenters. The van der Waals surface area contributed by atoms with Crippen molar-refractivity contribution in [2.24, 2.45) is 0 Å². The van der Waals surface area contributed by atoms with Gasteiger partial charge in [-0.25, -0.2) is 4.98 Å². The molecule has 20 heavy (non-hydrogen) atoms. The number of pyridine rings is 1.